The summed E-state index contributed by atoms with van der Waals surface area (Å²) in [5.74, 6) is -0.142. The summed E-state index contributed by atoms with van der Waals surface area (Å²) in [5.41, 5.74) is -0.567. The lowest BCUT2D eigenvalue weighted by Gasteiger charge is -2.28. The summed E-state index contributed by atoms with van der Waals surface area (Å²) in [4.78, 5) is 12.1. The maximum Gasteiger partial charge on any atom is 0.326 e. The number of carbonyl (C=O) groups is 1. The zero-order valence-electron chi connectivity index (χ0n) is 14.0. The molecule has 0 aliphatic carbocycles. The van der Waals surface area contributed by atoms with Crippen LogP contribution in [0.3, 0.4) is 0 Å². The molecule has 0 saturated heterocycles. The minimum absolute atomic E-state index is 0.142. The van der Waals surface area contributed by atoms with Crippen LogP contribution in [0.5, 0.6) is 0 Å². The standard InChI is InChI=1S/C16H33NO3/c1-6-12-17-16(5,15(18)19-8-3)11-9-10-13-20-14(4)7-2/h14,17H,6-13H2,1-5H3. The lowest BCUT2D eigenvalue weighted by Crippen LogP contribution is -2.50. The molecule has 0 spiro atoms. The van der Waals surface area contributed by atoms with Crippen molar-refractivity contribution in [2.45, 2.75) is 78.4 Å². The van der Waals surface area contributed by atoms with Gasteiger partial charge in [0, 0.05) is 6.61 Å². The maximum absolute atomic E-state index is 12.1. The average Bonchev–Trinajstić information content (AvgIpc) is 2.44. The second-order valence-electron chi connectivity index (χ2n) is 5.53. The van der Waals surface area contributed by atoms with Crippen LogP contribution in [-0.2, 0) is 14.3 Å². The van der Waals surface area contributed by atoms with Crippen LogP contribution in [0.25, 0.3) is 0 Å². The average molecular weight is 287 g/mol. The van der Waals surface area contributed by atoms with E-state index in [1.54, 1.807) is 0 Å². The van der Waals surface area contributed by atoms with E-state index in [1.807, 2.05) is 13.8 Å². The van der Waals surface area contributed by atoms with Crippen LogP contribution in [0.2, 0.25) is 0 Å². The Balaban J connectivity index is 4.12. The van der Waals surface area contributed by atoms with Crippen LogP contribution < -0.4 is 5.32 Å². The lowest BCUT2D eigenvalue weighted by molar-refractivity contribution is -0.151. The van der Waals surface area contributed by atoms with Gasteiger partial charge in [0.2, 0.25) is 0 Å². The van der Waals surface area contributed by atoms with Gasteiger partial charge in [0.1, 0.15) is 5.54 Å². The van der Waals surface area contributed by atoms with E-state index < -0.39 is 5.54 Å². The molecule has 1 N–H and O–H groups in total. The largest absolute Gasteiger partial charge is 0.465 e. The third kappa shape index (κ3) is 7.85. The van der Waals surface area contributed by atoms with Gasteiger partial charge in [-0.2, -0.15) is 0 Å². The molecule has 120 valence electrons. The van der Waals surface area contributed by atoms with Gasteiger partial charge < -0.3 is 14.8 Å². The zero-order valence-corrected chi connectivity index (χ0v) is 14.0. The smallest absolute Gasteiger partial charge is 0.326 e. The molecule has 2 atom stereocenters. The van der Waals surface area contributed by atoms with Crippen molar-refractivity contribution in [3.8, 4) is 0 Å². The predicted molar refractivity (Wildman–Crippen MR) is 82.9 cm³/mol. The maximum atomic E-state index is 12.1. The number of esters is 1. The Kier molecular flexibility index (Phi) is 10.8. The number of unbranched alkanes of at least 4 members (excludes halogenated alkanes) is 1. The molecule has 0 radical (unpaired) electrons. The van der Waals surface area contributed by atoms with Gasteiger partial charge in [-0.1, -0.05) is 13.8 Å². The fourth-order valence-corrected chi connectivity index (χ4v) is 1.94. The fraction of sp³-hybridized carbons (Fsp3) is 0.938. The Morgan fingerprint density at radius 1 is 1.25 bits per heavy atom. The van der Waals surface area contributed by atoms with E-state index >= 15 is 0 Å². The van der Waals surface area contributed by atoms with Gasteiger partial charge in [0.25, 0.3) is 0 Å². The minimum atomic E-state index is -0.567. The van der Waals surface area contributed by atoms with E-state index in [4.69, 9.17) is 9.47 Å². The highest BCUT2D eigenvalue weighted by atomic mass is 16.5. The molecule has 20 heavy (non-hydrogen) atoms. The van der Waals surface area contributed by atoms with Crippen molar-refractivity contribution in [3.05, 3.63) is 0 Å². The summed E-state index contributed by atoms with van der Waals surface area (Å²) in [6.07, 6.45) is 5.10. The molecule has 4 nitrogen and oxygen atoms in total. The van der Waals surface area contributed by atoms with Gasteiger partial charge >= 0.3 is 5.97 Å². The summed E-state index contributed by atoms with van der Waals surface area (Å²) < 4.78 is 10.8. The number of ether oxygens (including phenoxy) is 2. The molecule has 0 heterocycles. The molecule has 0 aromatic carbocycles. The van der Waals surface area contributed by atoms with Gasteiger partial charge in [-0.05, 0) is 59.4 Å². The van der Waals surface area contributed by atoms with Gasteiger partial charge in [-0.3, -0.25) is 4.79 Å². The molecule has 4 heteroatoms. The summed E-state index contributed by atoms with van der Waals surface area (Å²) in [6, 6.07) is 0. The fourth-order valence-electron chi connectivity index (χ4n) is 1.94. The Morgan fingerprint density at radius 2 is 1.95 bits per heavy atom. The third-order valence-corrected chi connectivity index (χ3v) is 3.54. The van der Waals surface area contributed by atoms with E-state index in [1.165, 1.54) is 0 Å². The molecular weight excluding hydrogens is 254 g/mol. The Bertz CT molecular complexity index is 258. The van der Waals surface area contributed by atoms with Crippen molar-refractivity contribution in [2.75, 3.05) is 19.8 Å². The van der Waals surface area contributed by atoms with Crippen molar-refractivity contribution in [1.29, 1.82) is 0 Å². The Hall–Kier alpha value is -0.610. The van der Waals surface area contributed by atoms with Gasteiger partial charge in [0.05, 0.1) is 12.7 Å². The lowest BCUT2D eigenvalue weighted by atomic mass is 9.94. The second-order valence-corrected chi connectivity index (χ2v) is 5.53. The Labute approximate surface area is 124 Å². The highest BCUT2D eigenvalue weighted by Crippen LogP contribution is 2.16. The summed E-state index contributed by atoms with van der Waals surface area (Å²) in [5, 5.41) is 3.33. The molecule has 0 aliphatic heterocycles. The molecule has 0 rings (SSSR count). The highest BCUT2D eigenvalue weighted by molar-refractivity contribution is 5.80. The molecule has 0 bridgehead atoms. The molecule has 0 fully saturated rings. The predicted octanol–water partition coefficient (Wildman–Crippen LogP) is 3.29. The summed E-state index contributed by atoms with van der Waals surface area (Å²) in [6.45, 7) is 12.1. The number of hydrogen-bond donors (Lipinski definition) is 1. The molecule has 0 aliphatic rings. The number of nitrogens with one attached hydrogen (secondary N) is 1. The van der Waals surface area contributed by atoms with E-state index in [0.29, 0.717) is 12.7 Å². The third-order valence-electron chi connectivity index (χ3n) is 3.54. The van der Waals surface area contributed by atoms with Crippen LogP contribution in [0, 0.1) is 0 Å². The van der Waals surface area contributed by atoms with Crippen LogP contribution >= 0.6 is 0 Å². The highest BCUT2D eigenvalue weighted by Gasteiger charge is 2.33. The van der Waals surface area contributed by atoms with Gasteiger partial charge in [0.15, 0.2) is 0 Å². The first-order valence-electron chi connectivity index (χ1n) is 8.04. The minimum Gasteiger partial charge on any atom is -0.465 e. The molecule has 0 aromatic heterocycles. The molecule has 0 saturated carbocycles. The van der Waals surface area contributed by atoms with Crippen molar-refractivity contribution >= 4 is 5.97 Å². The van der Waals surface area contributed by atoms with E-state index in [-0.39, 0.29) is 5.97 Å². The number of hydrogen-bond acceptors (Lipinski definition) is 4. The normalized spacial score (nSPS) is 15.7. The van der Waals surface area contributed by atoms with Crippen molar-refractivity contribution in [1.82, 2.24) is 5.32 Å². The van der Waals surface area contributed by atoms with Gasteiger partial charge in [-0.15, -0.1) is 0 Å². The molecular formula is C16H33NO3. The van der Waals surface area contributed by atoms with Crippen LogP contribution in [0.1, 0.15) is 66.7 Å². The quantitative estimate of drug-likeness (QED) is 0.442. The molecule has 0 aromatic rings. The van der Waals surface area contributed by atoms with E-state index in [2.05, 4.69) is 26.1 Å². The van der Waals surface area contributed by atoms with E-state index in [0.717, 1.165) is 45.3 Å². The van der Waals surface area contributed by atoms with Crippen molar-refractivity contribution in [3.63, 3.8) is 0 Å². The van der Waals surface area contributed by atoms with Crippen LogP contribution in [0.4, 0.5) is 0 Å². The van der Waals surface area contributed by atoms with Crippen LogP contribution in [0.15, 0.2) is 0 Å². The Morgan fingerprint density at radius 3 is 2.50 bits per heavy atom. The number of carbonyl (C=O) groups excluding carboxylic acids is 1. The van der Waals surface area contributed by atoms with Crippen LogP contribution in [-0.4, -0.2) is 37.4 Å². The first-order chi connectivity index (χ1) is 9.50. The second kappa shape index (κ2) is 11.1. The first-order valence-corrected chi connectivity index (χ1v) is 8.04. The van der Waals surface area contributed by atoms with Crippen molar-refractivity contribution in [2.24, 2.45) is 0 Å². The summed E-state index contributed by atoms with van der Waals surface area (Å²) >= 11 is 0. The zero-order chi connectivity index (χ0) is 15.4. The number of rotatable bonds is 12. The van der Waals surface area contributed by atoms with Crippen molar-refractivity contribution < 1.29 is 14.3 Å². The summed E-state index contributed by atoms with van der Waals surface area (Å²) in [7, 11) is 0. The molecule has 0 amide bonds. The monoisotopic (exact) mass is 287 g/mol. The van der Waals surface area contributed by atoms with E-state index in [9.17, 15) is 4.79 Å². The molecule has 2 unspecified atom stereocenters. The first kappa shape index (κ1) is 19.4. The topological polar surface area (TPSA) is 47.6 Å². The SMILES string of the molecule is CCCNC(C)(CCCCOC(C)CC)C(=O)OCC. The van der Waals surface area contributed by atoms with Gasteiger partial charge in [-0.25, -0.2) is 0 Å².